The smallest absolute Gasteiger partial charge is 0.326 e. The fraction of sp³-hybridized carbons (Fsp3) is 0.900. The van der Waals surface area contributed by atoms with Crippen molar-refractivity contribution in [2.45, 2.75) is 39.3 Å². The normalized spacial score (nSPS) is 17.9. The maximum Gasteiger partial charge on any atom is 0.326 e. The number of carboxylic acid groups (broad SMARTS) is 1. The molecule has 0 bridgehead atoms. The van der Waals surface area contributed by atoms with Gasteiger partial charge in [-0.25, -0.2) is 0 Å². The Morgan fingerprint density at radius 2 is 2.00 bits per heavy atom. The van der Waals surface area contributed by atoms with Crippen molar-refractivity contribution in [3.8, 4) is 0 Å². The highest BCUT2D eigenvalue weighted by Gasteiger charge is 2.34. The number of methoxy groups -OCH3 is 1. The van der Waals surface area contributed by atoms with Crippen LogP contribution in [-0.2, 0) is 9.53 Å². The molecule has 0 rings (SSSR count). The first-order chi connectivity index (χ1) is 6.33. The third-order valence-corrected chi connectivity index (χ3v) is 2.45. The lowest BCUT2D eigenvalue weighted by Crippen LogP contribution is -2.57. The molecule has 4 heteroatoms. The van der Waals surface area contributed by atoms with Crippen molar-refractivity contribution in [1.29, 1.82) is 0 Å². The molecule has 0 heterocycles. The second kappa shape index (κ2) is 5.32. The molecule has 0 aliphatic rings. The van der Waals surface area contributed by atoms with Gasteiger partial charge in [-0.15, -0.1) is 0 Å². The van der Waals surface area contributed by atoms with Crippen molar-refractivity contribution in [1.82, 2.24) is 5.32 Å². The van der Waals surface area contributed by atoms with Gasteiger partial charge in [-0.05, 0) is 19.8 Å². The second-order valence-electron chi connectivity index (χ2n) is 4.25. The summed E-state index contributed by atoms with van der Waals surface area (Å²) in [7, 11) is 1.50. The van der Waals surface area contributed by atoms with Crippen molar-refractivity contribution in [3.63, 3.8) is 0 Å². The molecule has 0 amide bonds. The first-order valence-electron chi connectivity index (χ1n) is 4.83. The van der Waals surface area contributed by atoms with Crippen LogP contribution in [0.3, 0.4) is 0 Å². The molecule has 0 aliphatic carbocycles. The third-order valence-electron chi connectivity index (χ3n) is 2.45. The predicted octanol–water partition coefficient (Wildman–Crippen LogP) is 1.11. The number of hydrogen-bond donors (Lipinski definition) is 2. The second-order valence-corrected chi connectivity index (χ2v) is 4.25. The number of nitrogens with one attached hydrogen (secondary N) is 1. The lowest BCUT2D eigenvalue weighted by atomic mass is 9.98. The SMILES string of the molecule is COCC(C)(NC(C)C(C)C)C(=O)O. The minimum atomic E-state index is -1.00. The Hall–Kier alpha value is -0.610. The number of ether oxygens (including phenoxy) is 1. The van der Waals surface area contributed by atoms with Gasteiger partial charge in [-0.2, -0.15) is 0 Å². The van der Waals surface area contributed by atoms with Gasteiger partial charge in [-0.1, -0.05) is 13.8 Å². The Morgan fingerprint density at radius 1 is 1.50 bits per heavy atom. The number of rotatable bonds is 6. The zero-order chi connectivity index (χ0) is 11.4. The highest BCUT2D eigenvalue weighted by molar-refractivity contribution is 5.78. The zero-order valence-corrected chi connectivity index (χ0v) is 9.63. The summed E-state index contributed by atoms with van der Waals surface area (Å²) in [5.74, 6) is -0.489. The van der Waals surface area contributed by atoms with E-state index in [9.17, 15) is 4.79 Å². The summed E-state index contributed by atoms with van der Waals surface area (Å²) in [4.78, 5) is 11.0. The Bertz CT molecular complexity index is 194. The van der Waals surface area contributed by atoms with Crippen molar-refractivity contribution in [2.24, 2.45) is 5.92 Å². The van der Waals surface area contributed by atoms with E-state index in [-0.39, 0.29) is 12.6 Å². The molecule has 2 unspecified atom stereocenters. The van der Waals surface area contributed by atoms with Crippen LogP contribution in [0.2, 0.25) is 0 Å². The van der Waals surface area contributed by atoms with Crippen LogP contribution in [0.1, 0.15) is 27.7 Å². The molecule has 0 aromatic carbocycles. The summed E-state index contributed by atoms with van der Waals surface area (Å²) in [6, 6.07) is 0.145. The summed E-state index contributed by atoms with van der Waals surface area (Å²) in [5.41, 5.74) is -1.00. The molecular weight excluding hydrogens is 182 g/mol. The number of hydrogen-bond acceptors (Lipinski definition) is 3. The van der Waals surface area contributed by atoms with E-state index in [1.54, 1.807) is 6.92 Å². The fourth-order valence-electron chi connectivity index (χ4n) is 1.12. The van der Waals surface area contributed by atoms with Crippen LogP contribution in [-0.4, -0.2) is 36.4 Å². The van der Waals surface area contributed by atoms with E-state index in [1.807, 2.05) is 20.8 Å². The first kappa shape index (κ1) is 13.4. The van der Waals surface area contributed by atoms with Gasteiger partial charge in [0.05, 0.1) is 6.61 Å². The van der Waals surface area contributed by atoms with Crippen LogP contribution in [0.25, 0.3) is 0 Å². The van der Waals surface area contributed by atoms with Gasteiger partial charge in [0.2, 0.25) is 0 Å². The average Bonchev–Trinajstić information content (AvgIpc) is 2.03. The molecule has 0 spiro atoms. The number of carbonyl (C=O) groups is 1. The van der Waals surface area contributed by atoms with Gasteiger partial charge in [0.15, 0.2) is 0 Å². The molecule has 0 aromatic heterocycles. The van der Waals surface area contributed by atoms with Crippen LogP contribution < -0.4 is 5.32 Å². The fourth-order valence-corrected chi connectivity index (χ4v) is 1.12. The van der Waals surface area contributed by atoms with Crippen molar-refractivity contribution in [3.05, 3.63) is 0 Å². The van der Waals surface area contributed by atoms with Gasteiger partial charge >= 0.3 is 5.97 Å². The van der Waals surface area contributed by atoms with Gasteiger partial charge in [0.1, 0.15) is 5.54 Å². The highest BCUT2D eigenvalue weighted by atomic mass is 16.5. The molecular formula is C10H21NO3. The molecule has 14 heavy (non-hydrogen) atoms. The van der Waals surface area contributed by atoms with E-state index >= 15 is 0 Å². The topological polar surface area (TPSA) is 58.6 Å². The monoisotopic (exact) mass is 203 g/mol. The Kier molecular flexibility index (Phi) is 5.08. The molecule has 0 aromatic rings. The minimum Gasteiger partial charge on any atom is -0.480 e. The molecule has 2 N–H and O–H groups in total. The molecule has 0 fully saturated rings. The summed E-state index contributed by atoms with van der Waals surface area (Å²) in [5, 5.41) is 12.1. The predicted molar refractivity (Wildman–Crippen MR) is 55.4 cm³/mol. The van der Waals surface area contributed by atoms with Crippen molar-refractivity contribution < 1.29 is 14.6 Å². The molecule has 2 atom stereocenters. The highest BCUT2D eigenvalue weighted by Crippen LogP contribution is 2.10. The summed E-state index contributed by atoms with van der Waals surface area (Å²) in [6.07, 6.45) is 0. The summed E-state index contributed by atoms with van der Waals surface area (Å²) < 4.78 is 4.91. The maximum absolute atomic E-state index is 11.0. The van der Waals surface area contributed by atoms with Gasteiger partial charge < -0.3 is 9.84 Å². The first-order valence-corrected chi connectivity index (χ1v) is 4.83. The Balaban J connectivity index is 4.44. The molecule has 0 radical (unpaired) electrons. The van der Waals surface area contributed by atoms with E-state index in [4.69, 9.17) is 9.84 Å². The standard InChI is InChI=1S/C10H21NO3/c1-7(2)8(3)11-10(4,6-14-5)9(12)13/h7-8,11H,6H2,1-5H3,(H,12,13). The van der Waals surface area contributed by atoms with Crippen LogP contribution in [0.4, 0.5) is 0 Å². The molecule has 4 nitrogen and oxygen atoms in total. The van der Waals surface area contributed by atoms with Crippen LogP contribution in [0, 0.1) is 5.92 Å². The maximum atomic E-state index is 11.0. The third kappa shape index (κ3) is 3.64. The average molecular weight is 203 g/mol. The van der Waals surface area contributed by atoms with Gasteiger partial charge in [-0.3, -0.25) is 10.1 Å². The quantitative estimate of drug-likeness (QED) is 0.679. The number of aliphatic carboxylic acids is 1. The summed E-state index contributed by atoms with van der Waals surface area (Å²) in [6.45, 7) is 7.87. The largest absolute Gasteiger partial charge is 0.480 e. The van der Waals surface area contributed by atoms with E-state index < -0.39 is 11.5 Å². The van der Waals surface area contributed by atoms with E-state index in [1.165, 1.54) is 7.11 Å². The van der Waals surface area contributed by atoms with Crippen LogP contribution >= 0.6 is 0 Å². The van der Waals surface area contributed by atoms with E-state index in [0.717, 1.165) is 0 Å². The Labute approximate surface area is 85.6 Å². The van der Waals surface area contributed by atoms with Crippen molar-refractivity contribution in [2.75, 3.05) is 13.7 Å². The van der Waals surface area contributed by atoms with Crippen molar-refractivity contribution >= 4 is 5.97 Å². The van der Waals surface area contributed by atoms with E-state index in [0.29, 0.717) is 5.92 Å². The number of carboxylic acids is 1. The molecule has 0 saturated carbocycles. The minimum absolute atomic E-state index is 0.145. The lowest BCUT2D eigenvalue weighted by molar-refractivity contribution is -0.147. The molecule has 0 saturated heterocycles. The zero-order valence-electron chi connectivity index (χ0n) is 9.63. The summed E-state index contributed by atoms with van der Waals surface area (Å²) >= 11 is 0. The molecule has 0 aliphatic heterocycles. The Morgan fingerprint density at radius 3 is 2.29 bits per heavy atom. The van der Waals surface area contributed by atoms with Gasteiger partial charge in [0, 0.05) is 13.2 Å². The van der Waals surface area contributed by atoms with Crippen LogP contribution in [0.15, 0.2) is 0 Å². The van der Waals surface area contributed by atoms with Gasteiger partial charge in [0.25, 0.3) is 0 Å². The van der Waals surface area contributed by atoms with E-state index in [2.05, 4.69) is 5.32 Å². The lowest BCUT2D eigenvalue weighted by Gasteiger charge is -2.31. The molecule has 84 valence electrons. The van der Waals surface area contributed by atoms with Crippen LogP contribution in [0.5, 0.6) is 0 Å².